The Hall–Kier alpha value is -1.31. The van der Waals surface area contributed by atoms with E-state index in [9.17, 15) is 0 Å². The highest BCUT2D eigenvalue weighted by Crippen LogP contribution is 2.38. The molecule has 0 fully saturated rings. The van der Waals surface area contributed by atoms with E-state index in [-0.39, 0.29) is 0 Å². The van der Waals surface area contributed by atoms with Gasteiger partial charge in [-0.1, -0.05) is 19.9 Å². The Labute approximate surface area is 90.0 Å². The third kappa shape index (κ3) is 1.21. The van der Waals surface area contributed by atoms with Gasteiger partial charge in [0.1, 0.15) is 5.65 Å². The first-order valence-electron chi connectivity index (χ1n) is 5.74. The highest BCUT2D eigenvalue weighted by atomic mass is 15.0. The summed E-state index contributed by atoms with van der Waals surface area (Å²) in [6.07, 6.45) is 4.70. The molecule has 0 radical (unpaired) electrons. The summed E-state index contributed by atoms with van der Waals surface area (Å²) in [5, 5.41) is 0. The van der Waals surface area contributed by atoms with Gasteiger partial charge < -0.3 is 4.40 Å². The summed E-state index contributed by atoms with van der Waals surface area (Å²) in [6.45, 7) is 4.60. The standard InChI is InChI=1S/C13H16N2/c1-9-6-7-10(2)13-12(9)14-11-5-3-4-8-15(11)13/h3-5,8-10H,6-7H2,1-2H3. The second-order valence-electron chi connectivity index (χ2n) is 4.69. The molecule has 2 unspecified atom stereocenters. The van der Waals surface area contributed by atoms with Crippen molar-refractivity contribution >= 4 is 5.65 Å². The largest absolute Gasteiger partial charge is 0.304 e. The maximum Gasteiger partial charge on any atom is 0.137 e. The number of pyridine rings is 1. The van der Waals surface area contributed by atoms with Crippen molar-refractivity contribution in [3.8, 4) is 0 Å². The third-order valence-electron chi connectivity index (χ3n) is 3.56. The highest BCUT2D eigenvalue weighted by molar-refractivity contribution is 5.45. The zero-order valence-corrected chi connectivity index (χ0v) is 9.27. The molecule has 2 atom stereocenters. The van der Waals surface area contributed by atoms with Crippen LogP contribution in [-0.2, 0) is 0 Å². The average Bonchev–Trinajstić information content (AvgIpc) is 2.64. The van der Waals surface area contributed by atoms with Crippen molar-refractivity contribution in [1.29, 1.82) is 0 Å². The molecule has 0 aliphatic heterocycles. The molecule has 0 spiro atoms. The first-order chi connectivity index (χ1) is 7.27. The smallest absolute Gasteiger partial charge is 0.137 e. The van der Waals surface area contributed by atoms with Crippen LogP contribution in [-0.4, -0.2) is 9.38 Å². The lowest BCUT2D eigenvalue weighted by Gasteiger charge is -2.23. The first-order valence-corrected chi connectivity index (χ1v) is 5.74. The number of fused-ring (bicyclic) bond motifs is 3. The second kappa shape index (κ2) is 3.09. The highest BCUT2D eigenvalue weighted by Gasteiger charge is 2.26. The van der Waals surface area contributed by atoms with Crippen molar-refractivity contribution in [3.63, 3.8) is 0 Å². The normalized spacial score (nSPS) is 25.5. The summed E-state index contributed by atoms with van der Waals surface area (Å²) in [5.74, 6) is 1.27. The van der Waals surface area contributed by atoms with Gasteiger partial charge >= 0.3 is 0 Å². The summed E-state index contributed by atoms with van der Waals surface area (Å²) in [6, 6.07) is 6.24. The van der Waals surface area contributed by atoms with Crippen LogP contribution < -0.4 is 0 Å². The number of aromatic nitrogens is 2. The molecule has 0 N–H and O–H groups in total. The molecule has 0 bridgehead atoms. The van der Waals surface area contributed by atoms with Crippen molar-refractivity contribution < 1.29 is 0 Å². The number of hydrogen-bond acceptors (Lipinski definition) is 1. The summed E-state index contributed by atoms with van der Waals surface area (Å²) in [7, 11) is 0. The van der Waals surface area contributed by atoms with E-state index in [1.54, 1.807) is 0 Å². The SMILES string of the molecule is CC1CCC(C)c2c1nc1ccccn21. The molecule has 0 amide bonds. The van der Waals surface area contributed by atoms with Crippen molar-refractivity contribution in [1.82, 2.24) is 9.38 Å². The number of imidazole rings is 1. The minimum atomic E-state index is 0.621. The molecule has 0 saturated carbocycles. The van der Waals surface area contributed by atoms with Gasteiger partial charge in [-0.15, -0.1) is 0 Å². The van der Waals surface area contributed by atoms with Crippen LogP contribution in [0.2, 0.25) is 0 Å². The predicted molar refractivity (Wildman–Crippen MR) is 61.3 cm³/mol. The average molecular weight is 200 g/mol. The van der Waals surface area contributed by atoms with E-state index in [4.69, 9.17) is 4.98 Å². The summed E-state index contributed by atoms with van der Waals surface area (Å²) < 4.78 is 2.26. The van der Waals surface area contributed by atoms with Crippen molar-refractivity contribution in [3.05, 3.63) is 35.8 Å². The van der Waals surface area contributed by atoms with E-state index in [0.29, 0.717) is 11.8 Å². The van der Waals surface area contributed by atoms with Gasteiger partial charge in [0.25, 0.3) is 0 Å². The predicted octanol–water partition coefficient (Wildman–Crippen LogP) is 3.34. The van der Waals surface area contributed by atoms with Crippen LogP contribution in [0.4, 0.5) is 0 Å². The quantitative estimate of drug-likeness (QED) is 0.637. The Balaban J connectivity index is 2.34. The molecule has 1 aliphatic rings. The lowest BCUT2D eigenvalue weighted by Crippen LogP contribution is -2.11. The fourth-order valence-corrected chi connectivity index (χ4v) is 2.66. The fraction of sp³-hybridized carbons (Fsp3) is 0.462. The maximum atomic E-state index is 4.75. The van der Waals surface area contributed by atoms with Crippen LogP contribution in [0.1, 0.15) is 49.9 Å². The molecule has 0 saturated heterocycles. The van der Waals surface area contributed by atoms with Gasteiger partial charge in [0, 0.05) is 17.8 Å². The zero-order chi connectivity index (χ0) is 10.4. The lowest BCUT2D eigenvalue weighted by atomic mass is 9.85. The minimum absolute atomic E-state index is 0.621. The van der Waals surface area contributed by atoms with Crippen LogP contribution in [0.5, 0.6) is 0 Å². The van der Waals surface area contributed by atoms with Crippen molar-refractivity contribution in [2.45, 2.75) is 38.5 Å². The maximum absolute atomic E-state index is 4.75. The fourth-order valence-electron chi connectivity index (χ4n) is 2.66. The van der Waals surface area contributed by atoms with E-state index < -0.39 is 0 Å². The molecule has 15 heavy (non-hydrogen) atoms. The van der Waals surface area contributed by atoms with Crippen molar-refractivity contribution in [2.75, 3.05) is 0 Å². The Bertz CT molecular complexity index is 498. The molecule has 3 rings (SSSR count). The van der Waals surface area contributed by atoms with Gasteiger partial charge in [-0.2, -0.15) is 0 Å². The van der Waals surface area contributed by atoms with Crippen LogP contribution in [0.15, 0.2) is 24.4 Å². The Morgan fingerprint density at radius 1 is 1.20 bits per heavy atom. The van der Waals surface area contributed by atoms with Gasteiger partial charge in [0.2, 0.25) is 0 Å². The number of rotatable bonds is 0. The third-order valence-corrected chi connectivity index (χ3v) is 3.56. The first kappa shape index (κ1) is 8.96. The molecular formula is C13H16N2. The van der Waals surface area contributed by atoms with E-state index in [0.717, 1.165) is 5.65 Å². The summed E-state index contributed by atoms with van der Waals surface area (Å²) >= 11 is 0. The minimum Gasteiger partial charge on any atom is -0.304 e. The molecule has 2 aromatic rings. The van der Waals surface area contributed by atoms with Crippen LogP contribution in [0, 0.1) is 0 Å². The van der Waals surface area contributed by atoms with Gasteiger partial charge in [0.05, 0.1) is 5.69 Å². The van der Waals surface area contributed by atoms with Crippen LogP contribution in [0.25, 0.3) is 5.65 Å². The lowest BCUT2D eigenvalue weighted by molar-refractivity contribution is 0.508. The van der Waals surface area contributed by atoms with Gasteiger partial charge in [-0.25, -0.2) is 4.98 Å². The topological polar surface area (TPSA) is 17.3 Å². The van der Waals surface area contributed by atoms with Crippen molar-refractivity contribution in [2.24, 2.45) is 0 Å². The summed E-state index contributed by atoms with van der Waals surface area (Å²) in [5.41, 5.74) is 3.85. The van der Waals surface area contributed by atoms with E-state index >= 15 is 0 Å². The van der Waals surface area contributed by atoms with Crippen LogP contribution >= 0.6 is 0 Å². The Morgan fingerprint density at radius 2 is 2.00 bits per heavy atom. The van der Waals surface area contributed by atoms with Gasteiger partial charge in [-0.05, 0) is 30.9 Å². The molecule has 1 aliphatic carbocycles. The van der Waals surface area contributed by atoms with Crippen LogP contribution in [0.3, 0.4) is 0 Å². The molecule has 2 heterocycles. The monoisotopic (exact) mass is 200 g/mol. The molecule has 0 aromatic carbocycles. The van der Waals surface area contributed by atoms with E-state index in [2.05, 4.69) is 42.6 Å². The molecular weight excluding hydrogens is 184 g/mol. The number of hydrogen-bond donors (Lipinski definition) is 0. The molecule has 2 heteroatoms. The Morgan fingerprint density at radius 3 is 2.87 bits per heavy atom. The molecule has 2 nitrogen and oxygen atoms in total. The molecule has 2 aromatic heterocycles. The Kier molecular flexibility index (Phi) is 1.84. The summed E-state index contributed by atoms with van der Waals surface area (Å²) in [4.78, 5) is 4.75. The van der Waals surface area contributed by atoms with E-state index in [1.807, 2.05) is 0 Å². The van der Waals surface area contributed by atoms with Gasteiger partial charge in [0.15, 0.2) is 0 Å². The van der Waals surface area contributed by atoms with Gasteiger partial charge in [-0.3, -0.25) is 0 Å². The molecule has 78 valence electrons. The number of nitrogens with zero attached hydrogens (tertiary/aromatic N) is 2. The second-order valence-corrected chi connectivity index (χ2v) is 4.69. The van der Waals surface area contributed by atoms with E-state index in [1.165, 1.54) is 24.2 Å². The zero-order valence-electron chi connectivity index (χ0n) is 9.27.